The third-order valence-corrected chi connectivity index (χ3v) is 3.22. The molecular formula is C11H22O. The van der Waals surface area contributed by atoms with Gasteiger partial charge in [-0.05, 0) is 5.41 Å². The van der Waals surface area contributed by atoms with Crippen molar-refractivity contribution < 1.29 is 4.79 Å². The summed E-state index contributed by atoms with van der Waals surface area (Å²) in [6.07, 6.45) is 4.87. The van der Waals surface area contributed by atoms with Gasteiger partial charge in [-0.2, -0.15) is 0 Å². The molecule has 0 heterocycles. The molecule has 0 rings (SSSR count). The lowest BCUT2D eigenvalue weighted by Crippen LogP contribution is -2.21. The zero-order valence-electron chi connectivity index (χ0n) is 8.94. The minimum Gasteiger partial charge on any atom is -0.300 e. The minimum atomic E-state index is 0.299. The van der Waals surface area contributed by atoms with Crippen LogP contribution < -0.4 is 0 Å². The van der Waals surface area contributed by atoms with Crippen molar-refractivity contribution in [1.82, 2.24) is 0 Å². The molecule has 0 saturated carbocycles. The number of rotatable bonds is 6. The van der Waals surface area contributed by atoms with E-state index < -0.39 is 0 Å². The van der Waals surface area contributed by atoms with Crippen LogP contribution in [0.1, 0.15) is 59.8 Å². The van der Waals surface area contributed by atoms with Gasteiger partial charge in [-0.15, -0.1) is 0 Å². The molecule has 0 aromatic rings. The maximum absolute atomic E-state index is 11.3. The molecule has 0 amide bonds. The van der Waals surface area contributed by atoms with Gasteiger partial charge in [0, 0.05) is 12.8 Å². The lowest BCUT2D eigenvalue weighted by atomic mass is 9.75. The molecule has 1 heteroatoms. The predicted octanol–water partition coefficient (Wildman–Crippen LogP) is 3.57. The average Bonchev–Trinajstić information content (AvgIpc) is 2.14. The third-order valence-electron chi connectivity index (χ3n) is 3.22. The van der Waals surface area contributed by atoms with Gasteiger partial charge in [0.05, 0.1) is 0 Å². The fourth-order valence-corrected chi connectivity index (χ4v) is 1.67. The standard InChI is InChI=1S/C11H22O/c1-5-10(12)9-11(6-2,7-3)8-4/h5-9H2,1-4H3. The number of ketones is 1. The maximum Gasteiger partial charge on any atom is 0.133 e. The van der Waals surface area contributed by atoms with Crippen LogP contribution in [0.4, 0.5) is 0 Å². The number of Topliss-reactive ketones (excluding diaryl/α,β-unsaturated/α-hetero) is 1. The number of carbonyl (C=O) groups is 1. The van der Waals surface area contributed by atoms with Gasteiger partial charge in [-0.25, -0.2) is 0 Å². The molecule has 0 aliphatic heterocycles. The topological polar surface area (TPSA) is 17.1 Å². The fraction of sp³-hybridized carbons (Fsp3) is 0.909. The van der Waals surface area contributed by atoms with Crippen molar-refractivity contribution in [2.75, 3.05) is 0 Å². The molecule has 0 aromatic heterocycles. The summed E-state index contributed by atoms with van der Waals surface area (Å²) in [6.45, 7) is 8.52. The average molecular weight is 170 g/mol. The molecule has 0 saturated heterocycles. The van der Waals surface area contributed by atoms with Crippen LogP contribution in [-0.2, 0) is 4.79 Å². The van der Waals surface area contributed by atoms with Gasteiger partial charge in [0.2, 0.25) is 0 Å². The van der Waals surface area contributed by atoms with Gasteiger partial charge in [0.1, 0.15) is 5.78 Å². The molecule has 12 heavy (non-hydrogen) atoms. The number of carbonyl (C=O) groups excluding carboxylic acids is 1. The van der Waals surface area contributed by atoms with Crippen LogP contribution in [0.15, 0.2) is 0 Å². The summed E-state index contributed by atoms with van der Waals surface area (Å²) in [5.74, 6) is 0.417. The summed E-state index contributed by atoms with van der Waals surface area (Å²) < 4.78 is 0. The molecule has 0 aliphatic rings. The second-order valence-electron chi connectivity index (χ2n) is 3.63. The van der Waals surface area contributed by atoms with Crippen molar-refractivity contribution in [1.29, 1.82) is 0 Å². The predicted molar refractivity (Wildman–Crippen MR) is 53.2 cm³/mol. The van der Waals surface area contributed by atoms with Crippen LogP contribution in [0.3, 0.4) is 0 Å². The SMILES string of the molecule is CCC(=O)CC(CC)(CC)CC. The highest BCUT2D eigenvalue weighted by atomic mass is 16.1. The van der Waals surface area contributed by atoms with E-state index in [1.807, 2.05) is 6.92 Å². The largest absolute Gasteiger partial charge is 0.300 e. The Kier molecular flexibility index (Phi) is 5.19. The second kappa shape index (κ2) is 5.34. The molecule has 0 N–H and O–H groups in total. The molecular weight excluding hydrogens is 148 g/mol. The third kappa shape index (κ3) is 2.96. The van der Waals surface area contributed by atoms with Crippen LogP contribution in [0, 0.1) is 5.41 Å². The van der Waals surface area contributed by atoms with Crippen molar-refractivity contribution in [3.8, 4) is 0 Å². The van der Waals surface area contributed by atoms with Gasteiger partial charge >= 0.3 is 0 Å². The monoisotopic (exact) mass is 170 g/mol. The molecule has 0 aliphatic carbocycles. The Morgan fingerprint density at radius 1 is 1.00 bits per heavy atom. The first-order valence-corrected chi connectivity index (χ1v) is 5.15. The Hall–Kier alpha value is -0.330. The highest BCUT2D eigenvalue weighted by Gasteiger charge is 2.25. The van der Waals surface area contributed by atoms with Crippen molar-refractivity contribution in [3.05, 3.63) is 0 Å². The number of hydrogen-bond donors (Lipinski definition) is 0. The Balaban J connectivity index is 4.19. The smallest absolute Gasteiger partial charge is 0.133 e. The molecule has 0 atom stereocenters. The molecule has 0 bridgehead atoms. The lowest BCUT2D eigenvalue weighted by molar-refractivity contribution is -0.121. The first-order chi connectivity index (χ1) is 5.64. The second-order valence-corrected chi connectivity index (χ2v) is 3.63. The fourth-order valence-electron chi connectivity index (χ4n) is 1.67. The van der Waals surface area contributed by atoms with E-state index >= 15 is 0 Å². The Labute approximate surface area is 76.6 Å². The molecule has 0 spiro atoms. The summed E-state index contributed by atoms with van der Waals surface area (Å²) in [5, 5.41) is 0. The van der Waals surface area contributed by atoms with E-state index in [-0.39, 0.29) is 0 Å². The zero-order valence-corrected chi connectivity index (χ0v) is 8.94. The quantitative estimate of drug-likeness (QED) is 0.595. The van der Waals surface area contributed by atoms with E-state index in [9.17, 15) is 4.79 Å². The molecule has 1 nitrogen and oxygen atoms in total. The molecule has 72 valence electrons. The van der Waals surface area contributed by atoms with Gasteiger partial charge in [0.15, 0.2) is 0 Å². The van der Waals surface area contributed by atoms with Crippen molar-refractivity contribution >= 4 is 5.78 Å². The van der Waals surface area contributed by atoms with Crippen LogP contribution >= 0.6 is 0 Å². The highest BCUT2D eigenvalue weighted by molar-refractivity contribution is 5.78. The van der Waals surface area contributed by atoms with E-state index in [0.717, 1.165) is 25.7 Å². The molecule has 0 radical (unpaired) electrons. The van der Waals surface area contributed by atoms with Crippen molar-refractivity contribution in [2.45, 2.75) is 59.8 Å². The van der Waals surface area contributed by atoms with Crippen LogP contribution in [0.2, 0.25) is 0 Å². The molecule has 0 unspecified atom stereocenters. The summed E-state index contributed by atoms with van der Waals surface area (Å²) in [5.41, 5.74) is 0.299. The van der Waals surface area contributed by atoms with Gasteiger partial charge in [-0.3, -0.25) is 4.79 Å². The summed E-state index contributed by atoms with van der Waals surface area (Å²) >= 11 is 0. The molecule has 0 fully saturated rings. The summed E-state index contributed by atoms with van der Waals surface area (Å²) in [4.78, 5) is 11.3. The minimum absolute atomic E-state index is 0.299. The Morgan fingerprint density at radius 3 is 1.67 bits per heavy atom. The lowest BCUT2D eigenvalue weighted by Gasteiger charge is -2.29. The van der Waals surface area contributed by atoms with E-state index in [0.29, 0.717) is 17.6 Å². The van der Waals surface area contributed by atoms with E-state index in [1.165, 1.54) is 0 Å². The van der Waals surface area contributed by atoms with Crippen molar-refractivity contribution in [2.24, 2.45) is 5.41 Å². The Morgan fingerprint density at radius 2 is 1.42 bits per heavy atom. The zero-order chi connectivity index (χ0) is 9.61. The molecule has 0 aromatic carbocycles. The van der Waals surface area contributed by atoms with Gasteiger partial charge in [-0.1, -0.05) is 47.0 Å². The maximum atomic E-state index is 11.3. The highest BCUT2D eigenvalue weighted by Crippen LogP contribution is 2.34. The first kappa shape index (κ1) is 11.7. The first-order valence-electron chi connectivity index (χ1n) is 5.15. The summed E-state index contributed by atoms with van der Waals surface area (Å²) in [7, 11) is 0. The Bertz CT molecular complexity index is 126. The summed E-state index contributed by atoms with van der Waals surface area (Å²) in [6, 6.07) is 0. The van der Waals surface area contributed by atoms with Crippen molar-refractivity contribution in [3.63, 3.8) is 0 Å². The van der Waals surface area contributed by atoms with Gasteiger partial charge in [0.25, 0.3) is 0 Å². The van der Waals surface area contributed by atoms with Crippen LogP contribution in [0.5, 0.6) is 0 Å². The number of hydrogen-bond acceptors (Lipinski definition) is 1. The van der Waals surface area contributed by atoms with E-state index in [2.05, 4.69) is 20.8 Å². The van der Waals surface area contributed by atoms with Crippen LogP contribution in [0.25, 0.3) is 0 Å². The van der Waals surface area contributed by atoms with Crippen LogP contribution in [-0.4, -0.2) is 5.78 Å². The van der Waals surface area contributed by atoms with E-state index in [4.69, 9.17) is 0 Å². The normalized spacial score (nSPS) is 11.7. The van der Waals surface area contributed by atoms with Gasteiger partial charge < -0.3 is 0 Å². The van der Waals surface area contributed by atoms with E-state index in [1.54, 1.807) is 0 Å².